The fraction of sp³-hybridized carbons (Fsp3) is 0.462. The fourth-order valence-corrected chi connectivity index (χ4v) is 1.83. The standard InChI is InChI=1S/C13H20N2O3/c1-3-4-10(8-18-2)15-12-7-9(14)5-6-11(12)13(16)17/h5-7,10,15H,3-4,8,14H2,1-2H3,(H,16,17). The highest BCUT2D eigenvalue weighted by Gasteiger charge is 2.14. The highest BCUT2D eigenvalue weighted by molar-refractivity contribution is 5.95. The molecule has 0 aromatic heterocycles. The van der Waals surface area contributed by atoms with Crippen LogP contribution in [-0.2, 0) is 4.74 Å². The van der Waals surface area contributed by atoms with Crippen LogP contribution in [0.25, 0.3) is 0 Å². The molecule has 4 N–H and O–H groups in total. The van der Waals surface area contributed by atoms with Crippen LogP contribution in [0.15, 0.2) is 18.2 Å². The van der Waals surface area contributed by atoms with E-state index in [0.717, 1.165) is 12.8 Å². The van der Waals surface area contributed by atoms with Crippen LogP contribution >= 0.6 is 0 Å². The average molecular weight is 252 g/mol. The summed E-state index contributed by atoms with van der Waals surface area (Å²) in [6.45, 7) is 2.60. The van der Waals surface area contributed by atoms with Gasteiger partial charge in [0.15, 0.2) is 0 Å². The molecule has 0 saturated carbocycles. The summed E-state index contributed by atoms with van der Waals surface area (Å²) < 4.78 is 5.12. The Labute approximate surface area is 107 Å². The number of benzene rings is 1. The van der Waals surface area contributed by atoms with Gasteiger partial charge in [0.25, 0.3) is 0 Å². The maximum Gasteiger partial charge on any atom is 0.337 e. The summed E-state index contributed by atoms with van der Waals surface area (Å²) in [6.07, 6.45) is 1.90. The van der Waals surface area contributed by atoms with Gasteiger partial charge in [0, 0.05) is 18.8 Å². The SMILES string of the molecule is CCCC(COC)Nc1cc(N)ccc1C(=O)O. The van der Waals surface area contributed by atoms with Crippen molar-refractivity contribution in [2.45, 2.75) is 25.8 Å². The summed E-state index contributed by atoms with van der Waals surface area (Å²) >= 11 is 0. The fourth-order valence-electron chi connectivity index (χ4n) is 1.83. The van der Waals surface area contributed by atoms with Gasteiger partial charge in [-0.2, -0.15) is 0 Å². The number of hydrogen-bond donors (Lipinski definition) is 3. The average Bonchev–Trinajstić information content (AvgIpc) is 2.29. The largest absolute Gasteiger partial charge is 0.478 e. The molecule has 5 nitrogen and oxygen atoms in total. The van der Waals surface area contributed by atoms with Crippen molar-refractivity contribution in [2.24, 2.45) is 0 Å². The van der Waals surface area contributed by atoms with E-state index in [1.165, 1.54) is 6.07 Å². The summed E-state index contributed by atoms with van der Waals surface area (Å²) in [5.74, 6) is -0.967. The third-order valence-corrected chi connectivity index (χ3v) is 2.64. The van der Waals surface area contributed by atoms with Gasteiger partial charge >= 0.3 is 5.97 Å². The van der Waals surface area contributed by atoms with E-state index in [2.05, 4.69) is 12.2 Å². The smallest absolute Gasteiger partial charge is 0.337 e. The third kappa shape index (κ3) is 3.92. The summed E-state index contributed by atoms with van der Waals surface area (Å²) in [6, 6.07) is 4.82. The first-order valence-electron chi connectivity index (χ1n) is 5.96. The van der Waals surface area contributed by atoms with E-state index in [0.29, 0.717) is 18.0 Å². The lowest BCUT2D eigenvalue weighted by molar-refractivity contribution is 0.0698. The molecule has 1 atom stereocenters. The predicted molar refractivity (Wildman–Crippen MR) is 72.0 cm³/mol. The minimum Gasteiger partial charge on any atom is -0.478 e. The van der Waals surface area contributed by atoms with Gasteiger partial charge in [0.05, 0.1) is 17.9 Å². The number of nitrogens with two attached hydrogens (primary N) is 1. The van der Waals surface area contributed by atoms with Crippen molar-refractivity contribution in [2.75, 3.05) is 24.8 Å². The van der Waals surface area contributed by atoms with Crippen molar-refractivity contribution in [3.05, 3.63) is 23.8 Å². The molecular weight excluding hydrogens is 232 g/mol. The van der Waals surface area contributed by atoms with Crippen LogP contribution in [-0.4, -0.2) is 30.8 Å². The summed E-state index contributed by atoms with van der Waals surface area (Å²) in [5, 5.41) is 12.3. The van der Waals surface area contributed by atoms with Gasteiger partial charge in [0.2, 0.25) is 0 Å². The van der Waals surface area contributed by atoms with E-state index >= 15 is 0 Å². The Bertz CT molecular complexity index is 401. The number of aromatic carboxylic acids is 1. The van der Waals surface area contributed by atoms with Gasteiger partial charge < -0.3 is 20.9 Å². The highest BCUT2D eigenvalue weighted by atomic mass is 16.5. The molecule has 0 amide bonds. The molecule has 0 bridgehead atoms. The monoisotopic (exact) mass is 252 g/mol. The normalized spacial score (nSPS) is 12.1. The molecule has 0 saturated heterocycles. The van der Waals surface area contributed by atoms with Gasteiger partial charge in [0.1, 0.15) is 0 Å². The molecule has 0 fully saturated rings. The number of carboxylic acid groups (broad SMARTS) is 1. The minimum atomic E-state index is -0.967. The van der Waals surface area contributed by atoms with Gasteiger partial charge in [-0.05, 0) is 24.6 Å². The van der Waals surface area contributed by atoms with Crippen molar-refractivity contribution >= 4 is 17.3 Å². The summed E-state index contributed by atoms with van der Waals surface area (Å²) in [4.78, 5) is 11.1. The van der Waals surface area contributed by atoms with Gasteiger partial charge in [-0.15, -0.1) is 0 Å². The number of methoxy groups -OCH3 is 1. The van der Waals surface area contributed by atoms with Crippen LogP contribution in [0.3, 0.4) is 0 Å². The first kappa shape index (κ1) is 14.3. The topological polar surface area (TPSA) is 84.6 Å². The lowest BCUT2D eigenvalue weighted by Crippen LogP contribution is -2.25. The number of ether oxygens (including phenoxy) is 1. The van der Waals surface area contributed by atoms with E-state index in [-0.39, 0.29) is 11.6 Å². The second-order valence-corrected chi connectivity index (χ2v) is 4.20. The Morgan fingerprint density at radius 1 is 1.56 bits per heavy atom. The Balaban J connectivity index is 2.92. The Morgan fingerprint density at radius 2 is 2.28 bits per heavy atom. The van der Waals surface area contributed by atoms with Gasteiger partial charge in [-0.3, -0.25) is 0 Å². The maximum absolute atomic E-state index is 11.1. The number of anilines is 2. The van der Waals surface area contributed by atoms with E-state index in [9.17, 15) is 4.79 Å². The molecule has 0 aliphatic rings. The molecule has 0 radical (unpaired) electrons. The van der Waals surface area contributed by atoms with E-state index < -0.39 is 5.97 Å². The quantitative estimate of drug-likeness (QED) is 0.648. The molecule has 1 rings (SSSR count). The third-order valence-electron chi connectivity index (χ3n) is 2.64. The van der Waals surface area contributed by atoms with E-state index in [4.69, 9.17) is 15.6 Å². The predicted octanol–water partition coefficient (Wildman–Crippen LogP) is 2.19. The zero-order valence-corrected chi connectivity index (χ0v) is 10.8. The van der Waals surface area contributed by atoms with Crippen molar-refractivity contribution in [3.8, 4) is 0 Å². The number of carboxylic acids is 1. The molecule has 18 heavy (non-hydrogen) atoms. The van der Waals surface area contributed by atoms with Crippen molar-refractivity contribution in [1.82, 2.24) is 0 Å². The molecular formula is C13H20N2O3. The molecule has 5 heteroatoms. The van der Waals surface area contributed by atoms with Crippen LogP contribution < -0.4 is 11.1 Å². The molecule has 0 spiro atoms. The number of rotatable bonds is 7. The van der Waals surface area contributed by atoms with Crippen LogP contribution in [0.1, 0.15) is 30.1 Å². The van der Waals surface area contributed by atoms with Crippen LogP contribution in [0.4, 0.5) is 11.4 Å². The number of nitrogen functional groups attached to an aromatic ring is 1. The lowest BCUT2D eigenvalue weighted by atomic mass is 10.1. The van der Waals surface area contributed by atoms with Crippen LogP contribution in [0.2, 0.25) is 0 Å². The van der Waals surface area contributed by atoms with Crippen molar-refractivity contribution in [3.63, 3.8) is 0 Å². The lowest BCUT2D eigenvalue weighted by Gasteiger charge is -2.20. The number of hydrogen-bond acceptors (Lipinski definition) is 4. The Morgan fingerprint density at radius 3 is 2.83 bits per heavy atom. The van der Waals surface area contributed by atoms with E-state index in [1.54, 1.807) is 19.2 Å². The molecule has 0 aliphatic heterocycles. The second-order valence-electron chi connectivity index (χ2n) is 4.20. The minimum absolute atomic E-state index is 0.0832. The first-order valence-corrected chi connectivity index (χ1v) is 5.96. The van der Waals surface area contributed by atoms with Crippen LogP contribution in [0, 0.1) is 0 Å². The van der Waals surface area contributed by atoms with Crippen LogP contribution in [0.5, 0.6) is 0 Å². The molecule has 1 aromatic rings. The van der Waals surface area contributed by atoms with Gasteiger partial charge in [-0.25, -0.2) is 4.79 Å². The second kappa shape index (κ2) is 6.86. The highest BCUT2D eigenvalue weighted by Crippen LogP contribution is 2.21. The summed E-state index contributed by atoms with van der Waals surface area (Å²) in [7, 11) is 1.63. The maximum atomic E-state index is 11.1. The Hall–Kier alpha value is -1.75. The molecule has 0 aliphatic carbocycles. The molecule has 1 unspecified atom stereocenters. The first-order chi connectivity index (χ1) is 8.58. The van der Waals surface area contributed by atoms with Crippen molar-refractivity contribution < 1.29 is 14.6 Å². The van der Waals surface area contributed by atoms with E-state index in [1.807, 2.05) is 0 Å². The molecule has 100 valence electrons. The number of carbonyl (C=O) groups is 1. The molecule has 1 aromatic carbocycles. The van der Waals surface area contributed by atoms with Crippen molar-refractivity contribution in [1.29, 1.82) is 0 Å². The Kier molecular flexibility index (Phi) is 5.45. The summed E-state index contributed by atoms with van der Waals surface area (Å²) in [5.41, 5.74) is 6.99. The number of nitrogens with one attached hydrogen (secondary N) is 1. The molecule has 0 heterocycles. The van der Waals surface area contributed by atoms with Gasteiger partial charge in [-0.1, -0.05) is 13.3 Å². The zero-order valence-electron chi connectivity index (χ0n) is 10.8. The zero-order chi connectivity index (χ0) is 13.5.